The first-order chi connectivity index (χ1) is 7.51. The average molecular weight is 296 g/mol. The molecule has 1 rings (SSSR count). The van der Waals surface area contributed by atoms with E-state index in [2.05, 4.69) is 25.7 Å². The van der Waals surface area contributed by atoms with Gasteiger partial charge in [-0.3, -0.25) is 4.79 Å². The van der Waals surface area contributed by atoms with Gasteiger partial charge in [0.1, 0.15) is 5.69 Å². The molecule has 16 heavy (non-hydrogen) atoms. The van der Waals surface area contributed by atoms with Gasteiger partial charge in [-0.25, -0.2) is 13.6 Å². The Kier molecular flexibility index (Phi) is 4.17. The van der Waals surface area contributed by atoms with Crippen molar-refractivity contribution >= 4 is 21.9 Å². The van der Waals surface area contributed by atoms with Crippen LogP contribution in [0.15, 0.2) is 10.9 Å². The van der Waals surface area contributed by atoms with E-state index in [1.54, 1.807) is 0 Å². The highest BCUT2D eigenvalue weighted by atomic mass is 79.9. The van der Waals surface area contributed by atoms with Crippen molar-refractivity contribution in [3.63, 3.8) is 0 Å². The molecule has 0 amide bonds. The van der Waals surface area contributed by atoms with Gasteiger partial charge >= 0.3 is 5.97 Å². The molecule has 1 heterocycles. The van der Waals surface area contributed by atoms with Gasteiger partial charge in [-0.1, -0.05) is 15.9 Å². The van der Waals surface area contributed by atoms with Crippen molar-refractivity contribution in [2.45, 2.75) is 11.8 Å². The summed E-state index contributed by atoms with van der Waals surface area (Å²) in [6.45, 7) is 0. The summed E-state index contributed by atoms with van der Waals surface area (Å²) < 4.78 is 29.5. The van der Waals surface area contributed by atoms with Gasteiger partial charge in [0.2, 0.25) is 0 Å². The van der Waals surface area contributed by atoms with Gasteiger partial charge in [-0.2, -0.15) is 0 Å². The maximum Gasteiger partial charge on any atom is 0.354 e. The third-order valence-corrected chi connectivity index (χ3v) is 2.49. The van der Waals surface area contributed by atoms with Crippen LogP contribution in [0.25, 0.3) is 0 Å². The Hall–Kier alpha value is -1.24. The van der Waals surface area contributed by atoms with Crippen LogP contribution in [0.1, 0.15) is 28.2 Å². The maximum atomic E-state index is 12.6. The van der Waals surface area contributed by atoms with Crippen molar-refractivity contribution < 1.29 is 18.3 Å². The maximum absolute atomic E-state index is 12.6. The number of hydrogen-bond donors (Lipinski definition) is 1. The fourth-order valence-corrected chi connectivity index (χ4v) is 1.73. The van der Waals surface area contributed by atoms with Crippen molar-refractivity contribution in [3.8, 4) is 0 Å². The molecule has 0 spiro atoms. The highest BCUT2D eigenvalue weighted by molar-refractivity contribution is 9.08. The number of nitrogens with one attached hydrogen (secondary N) is 1. The molecule has 0 radical (unpaired) electrons. The number of hydrogen-bond acceptors (Lipinski definition) is 3. The van der Waals surface area contributed by atoms with E-state index in [1.165, 1.54) is 0 Å². The topological polar surface area (TPSA) is 59.2 Å². The van der Waals surface area contributed by atoms with E-state index >= 15 is 0 Å². The summed E-state index contributed by atoms with van der Waals surface area (Å²) in [5, 5.41) is -0.0105. The molecule has 4 nitrogen and oxygen atoms in total. The second kappa shape index (κ2) is 5.20. The van der Waals surface area contributed by atoms with Crippen LogP contribution in [-0.4, -0.2) is 18.1 Å². The molecule has 0 aliphatic rings. The summed E-state index contributed by atoms with van der Waals surface area (Å²) in [4.78, 5) is 24.7. The van der Waals surface area contributed by atoms with Crippen molar-refractivity contribution in [3.05, 3.63) is 33.2 Å². The van der Waals surface area contributed by atoms with Gasteiger partial charge in [0, 0.05) is 17.0 Å². The average Bonchev–Trinajstić information content (AvgIpc) is 2.26. The van der Waals surface area contributed by atoms with Gasteiger partial charge in [-0.05, 0) is 0 Å². The molecule has 0 saturated heterocycles. The predicted molar refractivity (Wildman–Crippen MR) is 56.0 cm³/mol. The normalized spacial score (nSPS) is 10.6. The van der Waals surface area contributed by atoms with Crippen LogP contribution in [0.3, 0.4) is 0 Å². The van der Waals surface area contributed by atoms with Crippen LogP contribution in [0.5, 0.6) is 0 Å². The van der Waals surface area contributed by atoms with Crippen LogP contribution in [0.2, 0.25) is 0 Å². The molecule has 0 bridgehead atoms. The van der Waals surface area contributed by atoms with E-state index in [4.69, 9.17) is 0 Å². The number of pyridine rings is 1. The van der Waals surface area contributed by atoms with Crippen LogP contribution in [0.4, 0.5) is 8.78 Å². The van der Waals surface area contributed by atoms with Crippen LogP contribution < -0.4 is 5.43 Å². The van der Waals surface area contributed by atoms with E-state index in [1.807, 2.05) is 0 Å². The lowest BCUT2D eigenvalue weighted by Gasteiger charge is -2.08. The zero-order valence-electron chi connectivity index (χ0n) is 8.22. The van der Waals surface area contributed by atoms with Crippen molar-refractivity contribution in [1.29, 1.82) is 0 Å². The van der Waals surface area contributed by atoms with Gasteiger partial charge < -0.3 is 9.72 Å². The largest absolute Gasteiger partial charge is 0.464 e. The number of carbonyl (C=O) groups excluding carboxylic acids is 1. The van der Waals surface area contributed by atoms with E-state index in [-0.39, 0.29) is 16.6 Å². The number of carbonyl (C=O) groups is 1. The minimum Gasteiger partial charge on any atom is -0.464 e. The van der Waals surface area contributed by atoms with E-state index in [0.29, 0.717) is 0 Å². The van der Waals surface area contributed by atoms with Crippen LogP contribution >= 0.6 is 15.9 Å². The number of aromatic amines is 1. The second-order valence-electron chi connectivity index (χ2n) is 2.87. The van der Waals surface area contributed by atoms with E-state index in [0.717, 1.165) is 13.2 Å². The molecule has 1 N–H and O–H groups in total. The third kappa shape index (κ3) is 2.46. The lowest BCUT2D eigenvalue weighted by Crippen LogP contribution is -2.18. The number of esters is 1. The molecule has 0 saturated carbocycles. The quantitative estimate of drug-likeness (QED) is 0.685. The first-order valence-electron chi connectivity index (χ1n) is 4.19. The standard InChI is InChI=1S/C9H8BrF2NO3/c1-16-9(15)5-2-6(14)4(3-10)7(13-5)8(11)12/h2,8H,3H2,1H3,(H,13,14). The smallest absolute Gasteiger partial charge is 0.354 e. The minimum absolute atomic E-state index is 0.0105. The van der Waals surface area contributed by atoms with Crippen molar-refractivity contribution in [2.75, 3.05) is 7.11 Å². The summed E-state index contributed by atoms with van der Waals surface area (Å²) in [6, 6.07) is 0.939. The SMILES string of the molecule is COC(=O)c1cc(=O)c(CBr)c(C(F)F)[nH]1. The summed E-state index contributed by atoms with van der Waals surface area (Å²) in [5.41, 5.74) is -1.58. The number of H-pyrrole nitrogens is 1. The number of rotatable bonds is 3. The Balaban J connectivity index is 3.40. The Morgan fingerprint density at radius 3 is 2.69 bits per heavy atom. The summed E-state index contributed by atoms with van der Waals surface area (Å²) in [5.74, 6) is -0.861. The Morgan fingerprint density at radius 2 is 2.25 bits per heavy atom. The molecule has 0 fully saturated rings. The van der Waals surface area contributed by atoms with Gasteiger partial charge in [0.05, 0.1) is 12.8 Å². The summed E-state index contributed by atoms with van der Waals surface area (Å²) >= 11 is 2.94. The number of ether oxygens (including phenoxy) is 1. The monoisotopic (exact) mass is 295 g/mol. The Bertz CT molecular complexity index is 459. The highest BCUT2D eigenvalue weighted by Crippen LogP contribution is 2.20. The molecule has 0 aliphatic heterocycles. The molecule has 0 aliphatic carbocycles. The molecule has 0 unspecified atom stereocenters. The van der Waals surface area contributed by atoms with Gasteiger partial charge in [-0.15, -0.1) is 0 Å². The molecule has 0 aromatic carbocycles. The number of halogens is 3. The molecule has 88 valence electrons. The Morgan fingerprint density at radius 1 is 1.62 bits per heavy atom. The Labute approximate surface area is 97.7 Å². The first kappa shape index (κ1) is 12.8. The first-order valence-corrected chi connectivity index (χ1v) is 5.32. The van der Waals surface area contributed by atoms with E-state index in [9.17, 15) is 18.4 Å². The summed E-state index contributed by atoms with van der Waals surface area (Å²) in [7, 11) is 1.10. The van der Waals surface area contributed by atoms with Gasteiger partial charge in [0.15, 0.2) is 5.43 Å². The molecule has 1 aromatic rings. The zero-order chi connectivity index (χ0) is 12.3. The zero-order valence-corrected chi connectivity index (χ0v) is 9.81. The number of methoxy groups -OCH3 is 1. The number of aromatic nitrogens is 1. The van der Waals surface area contributed by atoms with Crippen LogP contribution in [-0.2, 0) is 10.1 Å². The molecule has 1 aromatic heterocycles. The molecular weight excluding hydrogens is 288 g/mol. The predicted octanol–water partition coefficient (Wildman–Crippen LogP) is 1.99. The lowest BCUT2D eigenvalue weighted by molar-refractivity contribution is 0.0592. The number of alkyl halides is 3. The van der Waals surface area contributed by atoms with Crippen molar-refractivity contribution in [2.24, 2.45) is 0 Å². The molecule has 0 atom stereocenters. The minimum atomic E-state index is -2.86. The third-order valence-electron chi connectivity index (χ3n) is 1.92. The molecular formula is C9H8BrF2NO3. The summed E-state index contributed by atoms with van der Waals surface area (Å²) in [6.07, 6.45) is -2.86. The fraction of sp³-hybridized carbons (Fsp3) is 0.333. The lowest BCUT2D eigenvalue weighted by atomic mass is 10.2. The van der Waals surface area contributed by atoms with Crippen LogP contribution in [0, 0.1) is 0 Å². The second-order valence-corrected chi connectivity index (χ2v) is 3.43. The van der Waals surface area contributed by atoms with Crippen molar-refractivity contribution in [1.82, 2.24) is 4.98 Å². The fourth-order valence-electron chi connectivity index (χ4n) is 1.15. The highest BCUT2D eigenvalue weighted by Gasteiger charge is 2.19. The van der Waals surface area contributed by atoms with E-state index < -0.39 is 23.5 Å². The molecule has 7 heteroatoms. The van der Waals surface area contributed by atoms with Gasteiger partial charge in [0.25, 0.3) is 6.43 Å².